The van der Waals surface area contributed by atoms with Crippen molar-refractivity contribution >= 4 is 80.0 Å². The van der Waals surface area contributed by atoms with Crippen molar-refractivity contribution in [2.45, 2.75) is 121 Å². The Kier molecular flexibility index (Phi) is 24.5. The van der Waals surface area contributed by atoms with Crippen molar-refractivity contribution in [3.8, 4) is 33.8 Å². The molecule has 6 aromatic carbocycles. The van der Waals surface area contributed by atoms with E-state index in [1.165, 1.54) is 11.1 Å². The highest BCUT2D eigenvalue weighted by Crippen LogP contribution is 2.45. The van der Waals surface area contributed by atoms with Gasteiger partial charge in [-0.2, -0.15) is 10.2 Å². The Labute approximate surface area is 615 Å². The van der Waals surface area contributed by atoms with Crippen LogP contribution in [0.3, 0.4) is 0 Å². The summed E-state index contributed by atoms with van der Waals surface area (Å²) >= 11 is 27.1. The van der Waals surface area contributed by atoms with E-state index in [4.69, 9.17) is 75.5 Å². The molecule has 12 rings (SSSR count). The molecular formula is C81H96Cl4N10O6. The van der Waals surface area contributed by atoms with E-state index in [0.29, 0.717) is 113 Å². The normalized spacial score (nSPS) is 13.7. The summed E-state index contributed by atoms with van der Waals surface area (Å²) in [6.07, 6.45) is 2.72. The Morgan fingerprint density at radius 3 is 1.32 bits per heavy atom. The highest BCUT2D eigenvalue weighted by atomic mass is 35.5. The van der Waals surface area contributed by atoms with Crippen LogP contribution in [0.25, 0.3) is 44.1 Å². The zero-order chi connectivity index (χ0) is 71.9. The SMILES string of the molecule is Cc1ccc(CN(C)C(=O)c2c(CCCOc3cc(C)c(Cl)c(C)c3)c3ccc(Cl)c(-c4c(C)nn(C)c4C)c3n2CCN2CCOCC2)cc1.Cc1ccc(CNC(=O)c2c(CCCOc3cc(C)c(Cl)c(C)c3)c3ccc(Cl)c(-c4c(C)nn(C)c4C)c3n2CCN2CCOCC2)cc1. The minimum atomic E-state index is -0.106. The van der Waals surface area contributed by atoms with Crippen molar-refractivity contribution in [3.05, 3.63) is 207 Å². The van der Waals surface area contributed by atoms with Crippen LogP contribution in [0.5, 0.6) is 11.5 Å². The summed E-state index contributed by atoms with van der Waals surface area (Å²) in [4.78, 5) is 36.1. The van der Waals surface area contributed by atoms with Gasteiger partial charge < -0.3 is 38.3 Å². The number of morpholine rings is 2. The Morgan fingerprint density at radius 1 is 0.515 bits per heavy atom. The summed E-state index contributed by atoms with van der Waals surface area (Å²) in [5, 5.41) is 17.6. The Bertz CT molecular complexity index is 4590. The number of fused-ring (bicyclic) bond motifs is 2. The van der Waals surface area contributed by atoms with Crippen molar-refractivity contribution < 1.29 is 28.5 Å². The van der Waals surface area contributed by atoms with E-state index in [-0.39, 0.29) is 11.8 Å². The molecule has 534 valence electrons. The van der Waals surface area contributed by atoms with E-state index in [9.17, 15) is 9.59 Å². The number of aryl methyl sites for hydroxylation is 12. The molecule has 1 N–H and O–H groups in total. The van der Waals surface area contributed by atoms with Gasteiger partial charge in [0.25, 0.3) is 11.8 Å². The second-order valence-corrected chi connectivity index (χ2v) is 28.9. The van der Waals surface area contributed by atoms with Crippen molar-refractivity contribution in [2.24, 2.45) is 14.1 Å². The van der Waals surface area contributed by atoms with Gasteiger partial charge in [0.1, 0.15) is 22.9 Å². The monoisotopic (exact) mass is 1440 g/mol. The van der Waals surface area contributed by atoms with E-state index in [0.717, 1.165) is 172 Å². The number of nitrogens with zero attached hydrogens (tertiary/aromatic N) is 9. The molecule has 0 aliphatic carbocycles. The van der Waals surface area contributed by atoms with Crippen molar-refractivity contribution in [3.63, 3.8) is 0 Å². The number of carbonyl (C=O) groups is 2. The predicted octanol–water partition coefficient (Wildman–Crippen LogP) is 16.7. The maximum Gasteiger partial charge on any atom is 0.270 e. The van der Waals surface area contributed by atoms with Gasteiger partial charge in [0.2, 0.25) is 0 Å². The van der Waals surface area contributed by atoms with E-state index >= 15 is 0 Å². The molecule has 0 spiro atoms. The van der Waals surface area contributed by atoms with Crippen LogP contribution in [-0.2, 0) is 62.6 Å². The topological polar surface area (TPSA) is 138 Å². The largest absolute Gasteiger partial charge is 0.494 e. The maximum atomic E-state index is 14.9. The van der Waals surface area contributed by atoms with Gasteiger partial charge in [-0.15, -0.1) is 0 Å². The highest BCUT2D eigenvalue weighted by molar-refractivity contribution is 6.36. The standard InChI is InChI=1S/C41H49Cl2N5O3.C40H47Cl2N5O3/c1-26-10-12-31(13-11-26)25-45(6)41(49)40-33(9-8-20-51-32-23-27(2)38(43)28(3)24-32)34-14-15-35(42)37(36-29(4)44-46(7)30(36)5)39(34)48(40)17-16-47-18-21-50-22-19-47;1-25-9-11-30(12-10-25)24-43-40(48)39-32(8-7-19-50-31-22-26(2)37(42)27(3)23-31)33-13-14-34(41)36(35-28(4)44-45(6)29(35)5)38(33)47(39)16-15-46-17-20-49-21-18-46/h10-15,23-24H,8-9,16-22,25H2,1-7H3;9-14,22-23H,7-8,15-21,24H2,1-6H3,(H,43,48). The van der Waals surface area contributed by atoms with Gasteiger partial charge in [-0.3, -0.25) is 28.8 Å². The van der Waals surface area contributed by atoms with Gasteiger partial charge in [-0.1, -0.05) is 118 Å². The van der Waals surface area contributed by atoms with Crippen molar-refractivity contribution in [2.75, 3.05) is 86.0 Å². The number of benzene rings is 6. The number of hydrogen-bond donors (Lipinski definition) is 1. The molecule has 2 aliphatic rings. The number of halogens is 4. The lowest BCUT2D eigenvalue weighted by molar-refractivity contribution is 0.0363. The second kappa shape index (κ2) is 33.2. The summed E-state index contributed by atoms with van der Waals surface area (Å²) in [5.41, 5.74) is 21.5. The lowest BCUT2D eigenvalue weighted by Gasteiger charge is -2.27. The fraction of sp³-hybridized carbons (Fsp3) is 0.407. The number of ether oxygens (including phenoxy) is 4. The van der Waals surface area contributed by atoms with E-state index in [1.54, 1.807) is 0 Å². The quantitative estimate of drug-likeness (QED) is 0.0582. The van der Waals surface area contributed by atoms with Crippen LogP contribution >= 0.6 is 46.4 Å². The lowest BCUT2D eigenvalue weighted by Crippen LogP contribution is -2.38. The van der Waals surface area contributed by atoms with Crippen LogP contribution in [0.4, 0.5) is 0 Å². The number of amides is 2. The Hall–Kier alpha value is -7.64. The molecule has 10 aromatic rings. The lowest BCUT2D eigenvalue weighted by atomic mass is 9.98. The number of carbonyl (C=O) groups excluding carboxylic acids is 2. The molecule has 20 heteroatoms. The predicted molar refractivity (Wildman–Crippen MR) is 411 cm³/mol. The van der Waals surface area contributed by atoms with Crippen LogP contribution in [0.1, 0.15) is 112 Å². The molecule has 0 bridgehead atoms. The number of aromatic nitrogens is 6. The Balaban J connectivity index is 0.000000203. The molecule has 4 aromatic heterocycles. The zero-order valence-electron chi connectivity index (χ0n) is 60.9. The fourth-order valence-corrected chi connectivity index (χ4v) is 15.1. The summed E-state index contributed by atoms with van der Waals surface area (Å²) < 4.78 is 32.0. The average molecular weight is 1450 g/mol. The van der Waals surface area contributed by atoms with Gasteiger partial charge in [-0.05, 0) is 176 Å². The molecule has 2 aliphatic heterocycles. The summed E-state index contributed by atoms with van der Waals surface area (Å²) in [6, 6.07) is 32.7. The van der Waals surface area contributed by atoms with Crippen molar-refractivity contribution in [1.82, 2.24) is 48.7 Å². The molecular weight excluding hydrogens is 1350 g/mol. The molecule has 16 nitrogen and oxygen atoms in total. The van der Waals surface area contributed by atoms with E-state index in [1.807, 2.05) is 113 Å². The minimum absolute atomic E-state index is 0.0182. The summed E-state index contributed by atoms with van der Waals surface area (Å²) in [7, 11) is 5.81. The summed E-state index contributed by atoms with van der Waals surface area (Å²) in [5.74, 6) is 1.47. The van der Waals surface area contributed by atoms with E-state index < -0.39 is 0 Å². The molecule has 0 atom stereocenters. The summed E-state index contributed by atoms with van der Waals surface area (Å²) in [6.45, 7) is 31.3. The van der Waals surface area contributed by atoms with Crippen LogP contribution in [0.2, 0.25) is 20.1 Å². The molecule has 0 unspecified atom stereocenters. The second-order valence-electron chi connectivity index (χ2n) is 27.3. The minimum Gasteiger partial charge on any atom is -0.494 e. The van der Waals surface area contributed by atoms with Crippen LogP contribution < -0.4 is 14.8 Å². The molecule has 2 amide bonds. The first-order valence-electron chi connectivity index (χ1n) is 35.2. The number of rotatable bonds is 24. The zero-order valence-corrected chi connectivity index (χ0v) is 63.9. The van der Waals surface area contributed by atoms with Gasteiger partial charge in [-0.25, -0.2) is 0 Å². The maximum absolute atomic E-state index is 14.9. The molecule has 101 heavy (non-hydrogen) atoms. The molecule has 0 radical (unpaired) electrons. The molecule has 2 fully saturated rings. The highest BCUT2D eigenvalue weighted by Gasteiger charge is 2.32. The Morgan fingerprint density at radius 2 is 0.911 bits per heavy atom. The third-order valence-electron chi connectivity index (χ3n) is 19.9. The first-order chi connectivity index (χ1) is 48.5. The van der Waals surface area contributed by atoms with Gasteiger partial charge in [0, 0.05) is 141 Å². The van der Waals surface area contributed by atoms with Crippen LogP contribution in [0.15, 0.2) is 97.1 Å². The van der Waals surface area contributed by atoms with Crippen LogP contribution in [0, 0.1) is 69.2 Å². The number of hydrogen-bond acceptors (Lipinski definition) is 10. The third kappa shape index (κ3) is 16.9. The third-order valence-corrected chi connectivity index (χ3v) is 21.8. The van der Waals surface area contributed by atoms with Gasteiger partial charge in [0.15, 0.2) is 0 Å². The fourth-order valence-electron chi connectivity index (χ4n) is 14.4. The molecule has 6 heterocycles. The van der Waals surface area contributed by atoms with E-state index in [2.05, 4.69) is 113 Å². The van der Waals surface area contributed by atoms with Gasteiger partial charge >= 0.3 is 0 Å². The van der Waals surface area contributed by atoms with Crippen molar-refractivity contribution in [1.29, 1.82) is 0 Å². The van der Waals surface area contributed by atoms with Gasteiger partial charge in [0.05, 0.1) is 72.1 Å². The smallest absolute Gasteiger partial charge is 0.270 e. The van der Waals surface area contributed by atoms with Crippen LogP contribution in [-0.4, -0.2) is 141 Å². The average Bonchev–Trinajstić information content (AvgIpc) is 1.59. The first kappa shape index (κ1) is 74.5. The molecule has 2 saturated heterocycles. The molecule has 0 saturated carbocycles. The first-order valence-corrected chi connectivity index (χ1v) is 36.7. The number of nitrogens with one attached hydrogen (secondary N) is 1.